The zero-order chi connectivity index (χ0) is 20.5. The lowest BCUT2D eigenvalue weighted by Gasteiger charge is -2.33. The van der Waals surface area contributed by atoms with E-state index < -0.39 is 0 Å². The lowest BCUT2D eigenvalue weighted by molar-refractivity contribution is 0.429. The largest absolute Gasteiger partial charge is 0.296 e. The molecule has 1 aromatic heterocycles. The van der Waals surface area contributed by atoms with E-state index in [9.17, 15) is 4.79 Å². The molecule has 5 heteroatoms. The number of hydrogen-bond acceptors (Lipinski definition) is 4. The molecular formula is C25H27N3OS. The summed E-state index contributed by atoms with van der Waals surface area (Å²) in [6, 6.07) is 19.9. The summed E-state index contributed by atoms with van der Waals surface area (Å²) in [5, 5.41) is 0. The molecule has 0 aliphatic heterocycles. The maximum atomic E-state index is 13.4. The molecule has 0 amide bonds. The van der Waals surface area contributed by atoms with Crippen molar-refractivity contribution in [3.05, 3.63) is 88.1 Å². The molecule has 2 aliphatic rings. The van der Waals surface area contributed by atoms with Crippen LogP contribution in [0, 0.1) is 0 Å². The molecule has 0 radical (unpaired) electrons. The summed E-state index contributed by atoms with van der Waals surface area (Å²) in [4.78, 5) is 18.1. The molecule has 30 heavy (non-hydrogen) atoms. The SMILES string of the molecule is CSNC1CCc2ncn(C3CC3)c(=O)c2C1Cc1cccc(-c2ccccc2)c1. The van der Waals surface area contributed by atoms with Crippen molar-refractivity contribution in [2.45, 2.75) is 50.1 Å². The number of fused-ring (bicyclic) bond motifs is 1. The molecule has 154 valence electrons. The van der Waals surface area contributed by atoms with E-state index in [2.05, 4.69) is 59.5 Å². The van der Waals surface area contributed by atoms with Crippen molar-refractivity contribution in [2.24, 2.45) is 0 Å². The molecule has 0 spiro atoms. The highest BCUT2D eigenvalue weighted by molar-refractivity contribution is 7.96. The Morgan fingerprint density at radius 3 is 2.63 bits per heavy atom. The van der Waals surface area contributed by atoms with E-state index in [0.29, 0.717) is 6.04 Å². The van der Waals surface area contributed by atoms with Crippen LogP contribution in [-0.4, -0.2) is 21.8 Å². The van der Waals surface area contributed by atoms with Crippen LogP contribution in [-0.2, 0) is 12.8 Å². The van der Waals surface area contributed by atoms with Crippen LogP contribution < -0.4 is 10.3 Å². The van der Waals surface area contributed by atoms with Gasteiger partial charge in [-0.1, -0.05) is 66.5 Å². The monoisotopic (exact) mass is 417 g/mol. The molecule has 2 aliphatic carbocycles. The molecular weight excluding hydrogens is 390 g/mol. The van der Waals surface area contributed by atoms with Crippen molar-refractivity contribution in [3.8, 4) is 11.1 Å². The molecule has 4 nitrogen and oxygen atoms in total. The van der Waals surface area contributed by atoms with Crippen LogP contribution >= 0.6 is 11.9 Å². The maximum absolute atomic E-state index is 13.4. The first-order valence-electron chi connectivity index (χ1n) is 10.8. The Hall–Kier alpha value is -2.37. The fourth-order valence-electron chi connectivity index (χ4n) is 4.69. The summed E-state index contributed by atoms with van der Waals surface area (Å²) in [6.45, 7) is 0. The molecule has 2 unspecified atom stereocenters. The first-order chi connectivity index (χ1) is 14.7. The summed E-state index contributed by atoms with van der Waals surface area (Å²) >= 11 is 1.65. The van der Waals surface area contributed by atoms with Crippen molar-refractivity contribution >= 4 is 11.9 Å². The number of hydrogen-bond donors (Lipinski definition) is 1. The van der Waals surface area contributed by atoms with E-state index in [4.69, 9.17) is 4.98 Å². The highest BCUT2D eigenvalue weighted by atomic mass is 32.2. The van der Waals surface area contributed by atoms with Gasteiger partial charge in [-0.2, -0.15) is 0 Å². The van der Waals surface area contributed by atoms with Gasteiger partial charge in [0.1, 0.15) is 0 Å². The van der Waals surface area contributed by atoms with Gasteiger partial charge in [-0.05, 0) is 55.1 Å². The van der Waals surface area contributed by atoms with Crippen molar-refractivity contribution in [3.63, 3.8) is 0 Å². The third-order valence-corrected chi connectivity index (χ3v) is 6.90. The molecule has 1 N–H and O–H groups in total. The summed E-state index contributed by atoms with van der Waals surface area (Å²) < 4.78 is 5.46. The second-order valence-electron chi connectivity index (χ2n) is 8.39. The summed E-state index contributed by atoms with van der Waals surface area (Å²) in [6.07, 6.45) is 8.76. The quantitative estimate of drug-likeness (QED) is 0.588. The summed E-state index contributed by atoms with van der Waals surface area (Å²) in [5.41, 5.74) is 5.83. The second kappa shape index (κ2) is 8.40. The molecule has 2 atom stereocenters. The Kier molecular flexibility index (Phi) is 5.48. The topological polar surface area (TPSA) is 46.9 Å². The minimum Gasteiger partial charge on any atom is -0.296 e. The first-order valence-corrected chi connectivity index (χ1v) is 12.0. The van der Waals surface area contributed by atoms with E-state index >= 15 is 0 Å². The van der Waals surface area contributed by atoms with Crippen molar-refractivity contribution in [1.29, 1.82) is 0 Å². The number of nitrogens with one attached hydrogen (secondary N) is 1. The Labute approximate surface area is 181 Å². The van der Waals surface area contributed by atoms with Gasteiger partial charge in [0.15, 0.2) is 0 Å². The van der Waals surface area contributed by atoms with Gasteiger partial charge in [0.25, 0.3) is 5.56 Å². The Morgan fingerprint density at radius 2 is 1.87 bits per heavy atom. The highest BCUT2D eigenvalue weighted by Gasteiger charge is 2.35. The molecule has 1 fully saturated rings. The minimum absolute atomic E-state index is 0.137. The van der Waals surface area contributed by atoms with Gasteiger partial charge < -0.3 is 0 Å². The van der Waals surface area contributed by atoms with Gasteiger partial charge in [-0.25, -0.2) is 4.98 Å². The molecule has 3 aromatic rings. The van der Waals surface area contributed by atoms with Crippen molar-refractivity contribution < 1.29 is 0 Å². The van der Waals surface area contributed by atoms with E-state index in [1.54, 1.807) is 18.3 Å². The summed E-state index contributed by atoms with van der Waals surface area (Å²) in [7, 11) is 0. The van der Waals surface area contributed by atoms with Crippen LogP contribution in [0.25, 0.3) is 11.1 Å². The first kappa shape index (κ1) is 19.6. The molecule has 1 saturated carbocycles. The second-order valence-corrected chi connectivity index (χ2v) is 9.04. The Balaban J connectivity index is 1.52. The third-order valence-electron chi connectivity index (χ3n) is 6.36. The van der Waals surface area contributed by atoms with Crippen LogP contribution in [0.3, 0.4) is 0 Å². The highest BCUT2D eigenvalue weighted by Crippen LogP contribution is 2.36. The van der Waals surface area contributed by atoms with E-state index in [1.165, 1.54) is 16.7 Å². The lowest BCUT2D eigenvalue weighted by atomic mass is 9.78. The standard InChI is InChI=1S/C25H27N3OS/c1-30-27-22-12-13-23-24(25(29)28(16-26-23)20-10-11-20)21(22)15-17-6-5-9-19(14-17)18-7-3-2-4-8-18/h2-9,14,16,20-22,27H,10-13,15H2,1H3. The number of benzene rings is 2. The van der Waals surface area contributed by atoms with Gasteiger partial charge in [0.05, 0.1) is 12.0 Å². The van der Waals surface area contributed by atoms with Crippen LogP contribution in [0.1, 0.15) is 48.0 Å². The predicted octanol–water partition coefficient (Wildman–Crippen LogP) is 4.75. The maximum Gasteiger partial charge on any atom is 0.257 e. The summed E-state index contributed by atoms with van der Waals surface area (Å²) in [5.74, 6) is 0.137. The number of rotatable bonds is 6. The van der Waals surface area contributed by atoms with Crippen molar-refractivity contribution in [1.82, 2.24) is 14.3 Å². The average molecular weight is 418 g/mol. The fraction of sp³-hybridized carbons (Fsp3) is 0.360. The molecule has 0 bridgehead atoms. The van der Waals surface area contributed by atoms with E-state index in [1.807, 2.05) is 10.6 Å². The zero-order valence-corrected chi connectivity index (χ0v) is 18.1. The average Bonchev–Trinajstić information content (AvgIpc) is 3.62. The Bertz CT molecular complexity index is 1090. The molecule has 2 aromatic carbocycles. The smallest absolute Gasteiger partial charge is 0.257 e. The molecule has 0 saturated heterocycles. The molecule has 1 heterocycles. The zero-order valence-electron chi connectivity index (χ0n) is 17.3. The number of aromatic nitrogens is 2. The van der Waals surface area contributed by atoms with Crippen LogP contribution in [0.5, 0.6) is 0 Å². The van der Waals surface area contributed by atoms with Gasteiger partial charge in [-0.15, -0.1) is 0 Å². The van der Waals surface area contributed by atoms with Crippen LogP contribution in [0.2, 0.25) is 0 Å². The van der Waals surface area contributed by atoms with Gasteiger partial charge in [-0.3, -0.25) is 14.1 Å². The van der Waals surface area contributed by atoms with Crippen LogP contribution in [0.4, 0.5) is 0 Å². The van der Waals surface area contributed by atoms with Gasteiger partial charge in [0.2, 0.25) is 0 Å². The minimum atomic E-state index is 0.137. The lowest BCUT2D eigenvalue weighted by Crippen LogP contribution is -2.41. The Morgan fingerprint density at radius 1 is 1.07 bits per heavy atom. The van der Waals surface area contributed by atoms with E-state index in [0.717, 1.165) is 43.4 Å². The predicted molar refractivity (Wildman–Crippen MR) is 124 cm³/mol. The van der Waals surface area contributed by atoms with Gasteiger partial charge >= 0.3 is 0 Å². The van der Waals surface area contributed by atoms with Crippen molar-refractivity contribution in [2.75, 3.05) is 6.26 Å². The van der Waals surface area contributed by atoms with E-state index in [-0.39, 0.29) is 17.5 Å². The number of aryl methyl sites for hydroxylation is 1. The number of nitrogens with zero attached hydrogens (tertiary/aromatic N) is 2. The third kappa shape index (κ3) is 3.84. The van der Waals surface area contributed by atoms with Gasteiger partial charge in [0, 0.05) is 23.6 Å². The normalized spacial score (nSPS) is 20.7. The fourth-order valence-corrected chi connectivity index (χ4v) is 5.28. The molecule has 5 rings (SSSR count). The van der Waals surface area contributed by atoms with Crippen LogP contribution in [0.15, 0.2) is 65.7 Å².